The van der Waals surface area contributed by atoms with Gasteiger partial charge < -0.3 is 14.8 Å². The molecule has 7 nitrogen and oxygen atoms in total. The Morgan fingerprint density at radius 1 is 0.373 bits per heavy atom. The molecule has 10 rings (SSSR count). The van der Waals surface area contributed by atoms with Gasteiger partial charge in [0.15, 0.2) is 40.5 Å². The van der Waals surface area contributed by atoms with Crippen molar-refractivity contribution in [1.29, 1.82) is 5.41 Å². The predicted octanol–water partition coefficient (Wildman–Crippen LogP) is 13.3. The van der Waals surface area contributed by atoms with Gasteiger partial charge in [-0.3, -0.25) is 5.41 Å². The highest BCUT2D eigenvalue weighted by Gasteiger charge is 2.22. The van der Waals surface area contributed by atoms with Crippen molar-refractivity contribution < 1.29 is 9.47 Å². The Kier molecular flexibility index (Phi) is 9.21. The van der Waals surface area contributed by atoms with Crippen molar-refractivity contribution in [2.75, 3.05) is 5.32 Å². The van der Waals surface area contributed by atoms with E-state index in [4.69, 9.17) is 24.4 Å². The first-order valence-corrected chi connectivity index (χ1v) is 19.3. The third-order valence-corrected chi connectivity index (χ3v) is 10.2. The maximum atomic E-state index is 9.54. The number of nitrogens with zero attached hydrogens (tertiary/aromatic N) is 3. The normalized spacial score (nSPS) is 11.4. The van der Waals surface area contributed by atoms with Crippen molar-refractivity contribution in [2.45, 2.75) is 0 Å². The van der Waals surface area contributed by atoms with Crippen LogP contribution in [0.5, 0.6) is 23.0 Å². The summed E-state index contributed by atoms with van der Waals surface area (Å²) in [5.74, 6) is 4.06. The van der Waals surface area contributed by atoms with E-state index < -0.39 is 0 Å². The number of aromatic nitrogens is 3. The molecule has 1 aliphatic rings. The van der Waals surface area contributed by atoms with Gasteiger partial charge in [-0.2, -0.15) is 0 Å². The maximum Gasteiger partial charge on any atom is 0.170 e. The van der Waals surface area contributed by atoms with Crippen molar-refractivity contribution in [2.24, 2.45) is 0 Å². The number of hydrogen-bond donors (Lipinski definition) is 2. The van der Waals surface area contributed by atoms with Crippen LogP contribution in [0, 0.1) is 5.41 Å². The third-order valence-electron chi connectivity index (χ3n) is 10.2. The summed E-state index contributed by atoms with van der Waals surface area (Å²) in [6.45, 7) is 0. The van der Waals surface area contributed by atoms with Crippen LogP contribution < -0.4 is 14.8 Å². The Morgan fingerprint density at radius 2 is 0.831 bits per heavy atom. The van der Waals surface area contributed by atoms with Gasteiger partial charge in [-0.05, 0) is 82.9 Å². The van der Waals surface area contributed by atoms with Gasteiger partial charge in [-0.1, -0.05) is 140 Å². The van der Waals surface area contributed by atoms with E-state index in [1.807, 2.05) is 164 Å². The summed E-state index contributed by atoms with van der Waals surface area (Å²) in [6.07, 6.45) is 0. The molecule has 0 saturated heterocycles. The fourth-order valence-electron chi connectivity index (χ4n) is 7.19. The number of ether oxygens (including phenoxy) is 2. The molecule has 0 bridgehead atoms. The Morgan fingerprint density at radius 3 is 1.46 bits per heavy atom. The highest BCUT2D eigenvalue weighted by Crippen LogP contribution is 2.48. The highest BCUT2D eigenvalue weighted by molar-refractivity contribution is 6.15. The first kappa shape index (κ1) is 35.3. The fourth-order valence-corrected chi connectivity index (χ4v) is 7.19. The monoisotopic (exact) mass is 761 g/mol. The maximum absolute atomic E-state index is 9.54. The molecule has 9 aromatic rings. The number of benzene rings is 8. The summed E-state index contributed by atoms with van der Waals surface area (Å²) >= 11 is 0. The van der Waals surface area contributed by atoms with Crippen LogP contribution in [0.15, 0.2) is 200 Å². The van der Waals surface area contributed by atoms with E-state index in [9.17, 15) is 5.41 Å². The summed E-state index contributed by atoms with van der Waals surface area (Å²) in [4.78, 5) is 14.6. The van der Waals surface area contributed by atoms with Crippen LogP contribution in [-0.2, 0) is 0 Å². The summed E-state index contributed by atoms with van der Waals surface area (Å²) in [6, 6.07) is 66.1. The third kappa shape index (κ3) is 7.32. The van der Waals surface area contributed by atoms with Crippen molar-refractivity contribution in [3.63, 3.8) is 0 Å². The zero-order valence-electron chi connectivity index (χ0n) is 31.7. The van der Waals surface area contributed by atoms with Crippen LogP contribution in [-0.4, -0.2) is 20.7 Å². The van der Waals surface area contributed by atoms with Crippen LogP contribution in [0.3, 0.4) is 0 Å². The van der Waals surface area contributed by atoms with Crippen molar-refractivity contribution in [3.8, 4) is 79.4 Å². The minimum Gasteiger partial charge on any atom is -0.450 e. The molecule has 2 N–H and O–H groups in total. The van der Waals surface area contributed by atoms with Crippen molar-refractivity contribution in [3.05, 3.63) is 211 Å². The van der Waals surface area contributed by atoms with Crippen LogP contribution in [0.4, 0.5) is 11.4 Å². The molecule has 7 heteroatoms. The van der Waals surface area contributed by atoms with E-state index in [0.717, 1.165) is 61.4 Å². The van der Waals surface area contributed by atoms with Gasteiger partial charge in [0.25, 0.3) is 0 Å². The molecule has 0 atom stereocenters. The molecule has 59 heavy (non-hydrogen) atoms. The van der Waals surface area contributed by atoms with Gasteiger partial charge >= 0.3 is 0 Å². The molecule has 0 aliphatic carbocycles. The minimum absolute atomic E-state index is 0.409. The number of fused-ring (bicyclic) bond motifs is 2. The molecule has 0 amide bonds. The molecule has 0 radical (unpaired) electrons. The van der Waals surface area contributed by atoms with E-state index in [-0.39, 0.29) is 0 Å². The van der Waals surface area contributed by atoms with Crippen LogP contribution in [0.1, 0.15) is 11.1 Å². The van der Waals surface area contributed by atoms with Gasteiger partial charge in [0.1, 0.15) is 0 Å². The predicted molar refractivity (Wildman–Crippen MR) is 236 cm³/mol. The molecule has 1 aliphatic heterocycles. The Bertz CT molecular complexity index is 2920. The Labute approximate surface area is 341 Å². The molecule has 1 aromatic heterocycles. The lowest BCUT2D eigenvalue weighted by Gasteiger charge is -2.22. The van der Waals surface area contributed by atoms with E-state index >= 15 is 0 Å². The molecule has 280 valence electrons. The smallest absolute Gasteiger partial charge is 0.170 e. The fraction of sp³-hybridized carbons (Fsp3) is 0. The molecule has 0 saturated carbocycles. The first-order chi connectivity index (χ1) is 29.1. The minimum atomic E-state index is 0.409. The number of hydrogen-bond acceptors (Lipinski definition) is 7. The first-order valence-electron chi connectivity index (χ1n) is 19.3. The number of anilines is 2. The van der Waals surface area contributed by atoms with Crippen LogP contribution >= 0.6 is 0 Å². The standard InChI is InChI=1S/C52H35N5O2/c53-49(43-31-38(34-14-5-1-6-15-34)24-27-44(43)54-42-22-11-4-12-23-42)40-21-13-20-37(30-40)39-25-28-45-47(32-39)59-48-33-41(26-29-46(48)58-45)52-56-50(35-16-7-2-8-17-35)55-51(57-52)36-18-9-3-10-19-36/h1-33,53-54H. The zero-order valence-corrected chi connectivity index (χ0v) is 31.7. The Hall–Kier alpha value is -8.16. The summed E-state index contributed by atoms with van der Waals surface area (Å²) < 4.78 is 12.9. The largest absolute Gasteiger partial charge is 0.450 e. The summed E-state index contributed by atoms with van der Waals surface area (Å²) in [7, 11) is 0. The van der Waals surface area contributed by atoms with Crippen LogP contribution in [0.25, 0.3) is 56.4 Å². The molecule has 0 unspecified atom stereocenters. The van der Waals surface area contributed by atoms with Gasteiger partial charge in [-0.25, -0.2) is 15.0 Å². The number of para-hydroxylation sites is 1. The lowest BCUT2D eigenvalue weighted by atomic mass is 9.94. The number of nitrogens with one attached hydrogen (secondary N) is 2. The van der Waals surface area contributed by atoms with Crippen LogP contribution in [0.2, 0.25) is 0 Å². The van der Waals surface area contributed by atoms with E-state index in [0.29, 0.717) is 46.2 Å². The average Bonchev–Trinajstić information content (AvgIpc) is 3.31. The lowest BCUT2D eigenvalue weighted by molar-refractivity contribution is 0.360. The molecule has 0 spiro atoms. The molecular formula is C52H35N5O2. The summed E-state index contributed by atoms with van der Waals surface area (Å²) in [5, 5.41) is 13.1. The molecule has 8 aromatic carbocycles. The second-order valence-electron chi connectivity index (χ2n) is 14.1. The summed E-state index contributed by atoms with van der Waals surface area (Å²) in [5.41, 5.74) is 10.4. The Balaban J connectivity index is 0.962. The second kappa shape index (κ2) is 15.4. The molecule has 0 fully saturated rings. The number of rotatable bonds is 9. The van der Waals surface area contributed by atoms with Gasteiger partial charge in [-0.15, -0.1) is 0 Å². The van der Waals surface area contributed by atoms with Gasteiger partial charge in [0.05, 0.1) is 5.71 Å². The SMILES string of the molecule is N=C(c1cccc(-c2ccc3c(c2)Oc2cc(-c4nc(-c5ccccc5)nc(-c5ccccc5)n4)ccc2O3)c1)c1cc(-c2ccccc2)ccc1Nc1ccccc1. The van der Waals surface area contributed by atoms with Crippen molar-refractivity contribution >= 4 is 17.1 Å². The van der Waals surface area contributed by atoms with Gasteiger partial charge in [0, 0.05) is 39.2 Å². The molecule has 2 heterocycles. The topological polar surface area (TPSA) is 93.0 Å². The molecular weight excluding hydrogens is 727 g/mol. The lowest BCUT2D eigenvalue weighted by Crippen LogP contribution is -2.06. The average molecular weight is 762 g/mol. The second-order valence-corrected chi connectivity index (χ2v) is 14.1. The highest BCUT2D eigenvalue weighted by atomic mass is 16.6. The zero-order chi connectivity index (χ0) is 39.5. The van der Waals surface area contributed by atoms with E-state index in [2.05, 4.69) is 41.7 Å². The quantitative estimate of drug-likeness (QED) is 0.142. The van der Waals surface area contributed by atoms with Crippen molar-refractivity contribution in [1.82, 2.24) is 15.0 Å². The van der Waals surface area contributed by atoms with Gasteiger partial charge in [0.2, 0.25) is 0 Å². The van der Waals surface area contributed by atoms with E-state index in [1.165, 1.54) is 0 Å². The van der Waals surface area contributed by atoms with E-state index in [1.54, 1.807) is 0 Å².